The van der Waals surface area contributed by atoms with Gasteiger partial charge in [-0.05, 0) is 25.8 Å². The largest absolute Gasteiger partial charge is 0.465 e. The number of carbonyl (C=O) groups is 1. The Balaban J connectivity index is 2.21. The van der Waals surface area contributed by atoms with Crippen LogP contribution >= 0.6 is 11.3 Å². The summed E-state index contributed by atoms with van der Waals surface area (Å²) in [5, 5.41) is 0.596. The second-order valence-corrected chi connectivity index (χ2v) is 5.99. The molecule has 0 saturated heterocycles. The second-order valence-electron chi connectivity index (χ2n) is 4.87. The molecular formula is C15H20N2O3S. The standard InChI is InChI=1S/C15H20N2O3S/c1-3-5-6-7-11-8-12-14(21-11)16-10-17(15(12)19)9-13(18)20-4-2/h8,10H,3-7,9H2,1-2H3. The zero-order valence-corrected chi connectivity index (χ0v) is 13.2. The van der Waals surface area contributed by atoms with Gasteiger partial charge in [-0.2, -0.15) is 0 Å². The van der Waals surface area contributed by atoms with E-state index in [2.05, 4.69) is 11.9 Å². The highest BCUT2D eigenvalue weighted by Gasteiger charge is 2.11. The monoisotopic (exact) mass is 308 g/mol. The molecule has 2 aromatic rings. The predicted molar refractivity (Wildman–Crippen MR) is 83.7 cm³/mol. The average Bonchev–Trinajstić information content (AvgIpc) is 2.86. The van der Waals surface area contributed by atoms with E-state index in [9.17, 15) is 9.59 Å². The maximum Gasteiger partial charge on any atom is 0.326 e. The molecule has 2 aromatic heterocycles. The molecule has 5 nitrogen and oxygen atoms in total. The Labute approximate surface area is 127 Å². The summed E-state index contributed by atoms with van der Waals surface area (Å²) in [5.74, 6) is -0.417. The van der Waals surface area contributed by atoms with Crippen LogP contribution in [0.4, 0.5) is 0 Å². The maximum absolute atomic E-state index is 12.3. The fourth-order valence-corrected chi connectivity index (χ4v) is 3.17. The molecule has 6 heteroatoms. The maximum atomic E-state index is 12.3. The van der Waals surface area contributed by atoms with E-state index >= 15 is 0 Å². The number of unbranched alkanes of at least 4 members (excludes halogenated alkanes) is 2. The van der Waals surface area contributed by atoms with E-state index in [1.54, 1.807) is 18.3 Å². The van der Waals surface area contributed by atoms with Gasteiger partial charge in [-0.1, -0.05) is 19.8 Å². The zero-order chi connectivity index (χ0) is 15.2. The van der Waals surface area contributed by atoms with Crippen LogP contribution in [-0.2, 0) is 22.5 Å². The molecule has 0 fully saturated rings. The molecule has 0 aliphatic carbocycles. The summed E-state index contributed by atoms with van der Waals surface area (Å²) in [5.41, 5.74) is -0.175. The van der Waals surface area contributed by atoms with Gasteiger partial charge in [0, 0.05) is 4.88 Å². The molecule has 0 bridgehead atoms. The highest BCUT2D eigenvalue weighted by molar-refractivity contribution is 7.18. The molecule has 0 N–H and O–H groups in total. The van der Waals surface area contributed by atoms with Crippen molar-refractivity contribution in [3.8, 4) is 0 Å². The Hall–Kier alpha value is -1.69. The van der Waals surface area contributed by atoms with E-state index in [0.717, 1.165) is 17.7 Å². The quantitative estimate of drug-likeness (QED) is 0.583. The van der Waals surface area contributed by atoms with Gasteiger partial charge in [0.15, 0.2) is 0 Å². The summed E-state index contributed by atoms with van der Waals surface area (Å²) in [7, 11) is 0. The molecule has 0 aliphatic rings. The topological polar surface area (TPSA) is 61.2 Å². The molecule has 21 heavy (non-hydrogen) atoms. The van der Waals surface area contributed by atoms with E-state index in [1.807, 2.05) is 6.07 Å². The number of thiophene rings is 1. The number of fused-ring (bicyclic) bond motifs is 1. The second kappa shape index (κ2) is 7.36. The van der Waals surface area contributed by atoms with Crippen LogP contribution < -0.4 is 5.56 Å². The first-order valence-corrected chi connectivity index (χ1v) is 8.10. The number of aryl methyl sites for hydroxylation is 1. The minimum Gasteiger partial charge on any atom is -0.465 e. The van der Waals surface area contributed by atoms with Crippen molar-refractivity contribution in [2.24, 2.45) is 0 Å². The molecule has 0 aromatic carbocycles. The molecule has 0 unspecified atom stereocenters. The van der Waals surface area contributed by atoms with Gasteiger partial charge in [0.05, 0.1) is 18.3 Å². The number of esters is 1. The van der Waals surface area contributed by atoms with Crippen LogP contribution in [0.25, 0.3) is 10.2 Å². The molecule has 0 amide bonds. The molecule has 0 radical (unpaired) electrons. The van der Waals surface area contributed by atoms with Gasteiger partial charge in [-0.15, -0.1) is 11.3 Å². The molecule has 0 spiro atoms. The molecule has 114 valence electrons. The Morgan fingerprint density at radius 1 is 1.38 bits per heavy atom. The Morgan fingerprint density at radius 3 is 2.90 bits per heavy atom. The number of carbonyl (C=O) groups excluding carboxylic acids is 1. The van der Waals surface area contributed by atoms with Crippen LogP contribution in [-0.4, -0.2) is 22.1 Å². The van der Waals surface area contributed by atoms with E-state index in [0.29, 0.717) is 12.0 Å². The van der Waals surface area contributed by atoms with Crippen molar-refractivity contribution in [2.45, 2.75) is 46.1 Å². The van der Waals surface area contributed by atoms with E-state index in [-0.39, 0.29) is 12.1 Å². The number of nitrogens with zero attached hydrogens (tertiary/aromatic N) is 2. The van der Waals surface area contributed by atoms with Gasteiger partial charge in [0.1, 0.15) is 11.4 Å². The lowest BCUT2D eigenvalue weighted by atomic mass is 10.2. The van der Waals surface area contributed by atoms with Crippen molar-refractivity contribution < 1.29 is 9.53 Å². The lowest BCUT2D eigenvalue weighted by Crippen LogP contribution is -2.25. The van der Waals surface area contributed by atoms with Gasteiger partial charge in [0.25, 0.3) is 5.56 Å². The van der Waals surface area contributed by atoms with Crippen LogP contribution in [0.1, 0.15) is 38.0 Å². The molecule has 0 saturated carbocycles. The number of hydrogen-bond donors (Lipinski definition) is 0. The number of rotatable bonds is 7. The Kier molecular flexibility index (Phi) is 5.50. The van der Waals surface area contributed by atoms with Gasteiger partial charge >= 0.3 is 5.97 Å². The summed E-state index contributed by atoms with van der Waals surface area (Å²) in [6.07, 6.45) is 5.89. The van der Waals surface area contributed by atoms with Crippen molar-refractivity contribution in [1.82, 2.24) is 9.55 Å². The fraction of sp³-hybridized carbons (Fsp3) is 0.533. The van der Waals surface area contributed by atoms with Crippen molar-refractivity contribution in [3.05, 3.63) is 27.6 Å². The Morgan fingerprint density at radius 2 is 2.19 bits per heavy atom. The molecule has 0 aliphatic heterocycles. The van der Waals surface area contributed by atoms with Crippen LogP contribution in [0.2, 0.25) is 0 Å². The Bertz CT molecular complexity index is 675. The summed E-state index contributed by atoms with van der Waals surface area (Å²) < 4.78 is 6.17. The lowest BCUT2D eigenvalue weighted by molar-refractivity contribution is -0.143. The lowest BCUT2D eigenvalue weighted by Gasteiger charge is -2.04. The first-order chi connectivity index (χ1) is 10.2. The first kappa shape index (κ1) is 15.7. The fourth-order valence-electron chi connectivity index (χ4n) is 2.14. The van der Waals surface area contributed by atoms with Crippen molar-refractivity contribution in [3.63, 3.8) is 0 Å². The smallest absolute Gasteiger partial charge is 0.326 e. The van der Waals surface area contributed by atoms with Crippen molar-refractivity contribution in [1.29, 1.82) is 0 Å². The van der Waals surface area contributed by atoms with Crippen LogP contribution in [0.3, 0.4) is 0 Å². The molecule has 2 rings (SSSR count). The number of aromatic nitrogens is 2. The predicted octanol–water partition coefficient (Wildman–Crippen LogP) is 2.75. The average molecular weight is 308 g/mol. The summed E-state index contributed by atoms with van der Waals surface area (Å²) in [6, 6.07) is 1.91. The first-order valence-electron chi connectivity index (χ1n) is 7.29. The highest BCUT2D eigenvalue weighted by atomic mass is 32.1. The van der Waals surface area contributed by atoms with Crippen LogP contribution in [0.5, 0.6) is 0 Å². The third-order valence-electron chi connectivity index (χ3n) is 3.20. The minimum absolute atomic E-state index is 0.0867. The molecule has 2 heterocycles. The van der Waals surface area contributed by atoms with E-state index in [1.165, 1.54) is 28.6 Å². The van der Waals surface area contributed by atoms with Crippen LogP contribution in [0, 0.1) is 0 Å². The summed E-state index contributed by atoms with van der Waals surface area (Å²) in [6.45, 7) is 4.13. The van der Waals surface area contributed by atoms with Gasteiger partial charge in [0.2, 0.25) is 0 Å². The molecular weight excluding hydrogens is 288 g/mol. The van der Waals surface area contributed by atoms with E-state index < -0.39 is 5.97 Å². The molecule has 0 atom stereocenters. The van der Waals surface area contributed by atoms with Gasteiger partial charge in [-0.3, -0.25) is 14.2 Å². The van der Waals surface area contributed by atoms with Crippen molar-refractivity contribution >= 4 is 27.5 Å². The number of hydrogen-bond acceptors (Lipinski definition) is 5. The third kappa shape index (κ3) is 3.91. The normalized spacial score (nSPS) is 11.0. The van der Waals surface area contributed by atoms with Crippen molar-refractivity contribution in [2.75, 3.05) is 6.61 Å². The van der Waals surface area contributed by atoms with E-state index in [4.69, 9.17) is 4.74 Å². The zero-order valence-electron chi connectivity index (χ0n) is 12.4. The minimum atomic E-state index is -0.417. The summed E-state index contributed by atoms with van der Waals surface area (Å²) >= 11 is 1.56. The SMILES string of the molecule is CCCCCc1cc2c(=O)n(CC(=O)OCC)cnc2s1. The number of ether oxygens (including phenoxy) is 1. The van der Waals surface area contributed by atoms with Gasteiger partial charge in [-0.25, -0.2) is 4.98 Å². The summed E-state index contributed by atoms with van der Waals surface area (Å²) in [4.78, 5) is 30.0. The van der Waals surface area contributed by atoms with Gasteiger partial charge < -0.3 is 4.74 Å². The third-order valence-corrected chi connectivity index (χ3v) is 4.30. The highest BCUT2D eigenvalue weighted by Crippen LogP contribution is 2.22. The van der Waals surface area contributed by atoms with Crippen LogP contribution in [0.15, 0.2) is 17.2 Å².